The Morgan fingerprint density at radius 3 is 2.62 bits per heavy atom. The van der Waals surface area contributed by atoms with Crippen LogP contribution in [-0.4, -0.2) is 41.7 Å². The van der Waals surface area contributed by atoms with Gasteiger partial charge in [-0.1, -0.05) is 24.6 Å². The number of carbonyl (C=O) groups is 1. The molecule has 7 nitrogen and oxygen atoms in total. The van der Waals surface area contributed by atoms with Crippen LogP contribution in [0.15, 0.2) is 41.2 Å². The van der Waals surface area contributed by atoms with Crippen molar-refractivity contribution >= 4 is 21.4 Å². The number of amides is 1. The molecule has 1 aromatic carbocycles. The highest BCUT2D eigenvalue weighted by Gasteiger charge is 2.35. The third kappa shape index (κ3) is 4.42. The van der Waals surface area contributed by atoms with Crippen molar-refractivity contribution in [2.45, 2.75) is 51.1 Å². The molecule has 29 heavy (non-hydrogen) atoms. The molecule has 1 aromatic heterocycles. The van der Waals surface area contributed by atoms with Gasteiger partial charge in [-0.3, -0.25) is 9.59 Å². The van der Waals surface area contributed by atoms with Crippen molar-refractivity contribution in [3.8, 4) is 0 Å². The largest absolute Gasteiger partial charge is 0.307 e. The minimum Gasteiger partial charge on any atom is -0.307 e. The smallest absolute Gasteiger partial charge is 0.267 e. The van der Waals surface area contributed by atoms with Crippen LogP contribution in [0.3, 0.4) is 0 Å². The molecule has 0 spiro atoms. The van der Waals surface area contributed by atoms with Gasteiger partial charge in [0, 0.05) is 11.8 Å². The monoisotopic (exact) mass is 415 g/mol. The SMILES string of the molecule is O=C(Cn1nc2c(cc1=O)CCCCC2)N(c1ccccc1)[C@H]1CCS(=O)(=O)C1. The molecule has 1 aliphatic carbocycles. The summed E-state index contributed by atoms with van der Waals surface area (Å²) in [5, 5.41) is 4.48. The Morgan fingerprint density at radius 2 is 1.90 bits per heavy atom. The molecule has 2 aromatic rings. The Balaban J connectivity index is 1.64. The van der Waals surface area contributed by atoms with Crippen LogP contribution in [0, 0.1) is 0 Å². The van der Waals surface area contributed by atoms with Gasteiger partial charge in [-0.05, 0) is 49.8 Å². The van der Waals surface area contributed by atoms with Crippen LogP contribution in [0.1, 0.15) is 36.9 Å². The number of aromatic nitrogens is 2. The Kier molecular flexibility index (Phi) is 5.54. The van der Waals surface area contributed by atoms with Gasteiger partial charge in [0.2, 0.25) is 5.91 Å². The normalized spacial score (nSPS) is 20.6. The van der Waals surface area contributed by atoms with Gasteiger partial charge in [0.1, 0.15) is 6.54 Å². The molecule has 2 aliphatic rings. The van der Waals surface area contributed by atoms with Crippen LogP contribution < -0.4 is 10.5 Å². The summed E-state index contributed by atoms with van der Waals surface area (Å²) in [4.78, 5) is 27.3. The summed E-state index contributed by atoms with van der Waals surface area (Å²) in [7, 11) is -3.16. The lowest BCUT2D eigenvalue weighted by atomic mass is 10.1. The van der Waals surface area contributed by atoms with Crippen molar-refractivity contribution in [3.05, 3.63) is 58.0 Å². The molecule has 0 bridgehead atoms. The van der Waals surface area contributed by atoms with E-state index in [0.29, 0.717) is 12.1 Å². The second kappa shape index (κ2) is 8.10. The predicted octanol–water partition coefficient (Wildman–Crippen LogP) is 1.73. The van der Waals surface area contributed by atoms with E-state index in [1.165, 1.54) is 9.58 Å². The molecule has 0 radical (unpaired) electrons. The van der Waals surface area contributed by atoms with Gasteiger partial charge in [0.05, 0.1) is 23.2 Å². The lowest BCUT2D eigenvalue weighted by Crippen LogP contribution is -2.44. The van der Waals surface area contributed by atoms with Crippen LogP contribution in [0.2, 0.25) is 0 Å². The van der Waals surface area contributed by atoms with Crippen molar-refractivity contribution in [2.24, 2.45) is 0 Å². The Labute approximate surface area is 170 Å². The van der Waals surface area contributed by atoms with Gasteiger partial charge in [-0.25, -0.2) is 13.1 Å². The maximum absolute atomic E-state index is 13.2. The lowest BCUT2D eigenvalue weighted by molar-refractivity contribution is -0.119. The minimum atomic E-state index is -3.16. The average Bonchev–Trinajstić information content (AvgIpc) is 2.89. The molecule has 154 valence electrons. The van der Waals surface area contributed by atoms with E-state index < -0.39 is 15.9 Å². The lowest BCUT2D eigenvalue weighted by Gasteiger charge is -2.28. The average molecular weight is 416 g/mol. The summed E-state index contributed by atoms with van der Waals surface area (Å²) < 4.78 is 25.2. The predicted molar refractivity (Wildman–Crippen MR) is 111 cm³/mol. The van der Waals surface area contributed by atoms with Crippen molar-refractivity contribution < 1.29 is 13.2 Å². The van der Waals surface area contributed by atoms with Crippen molar-refractivity contribution in [1.29, 1.82) is 0 Å². The highest BCUT2D eigenvalue weighted by molar-refractivity contribution is 7.91. The molecule has 0 saturated carbocycles. The number of anilines is 1. The van der Waals surface area contributed by atoms with Crippen LogP contribution in [0.5, 0.6) is 0 Å². The van der Waals surface area contributed by atoms with E-state index >= 15 is 0 Å². The highest BCUT2D eigenvalue weighted by Crippen LogP contribution is 2.25. The quantitative estimate of drug-likeness (QED) is 0.710. The second-order valence-corrected chi connectivity index (χ2v) is 10.1. The molecule has 0 N–H and O–H groups in total. The zero-order valence-corrected chi connectivity index (χ0v) is 17.1. The fraction of sp³-hybridized carbons (Fsp3) is 0.476. The maximum atomic E-state index is 13.2. The van der Waals surface area contributed by atoms with Crippen LogP contribution in [0.25, 0.3) is 0 Å². The number of para-hydroxylation sites is 1. The summed E-state index contributed by atoms with van der Waals surface area (Å²) in [6.07, 6.45) is 5.25. The number of carbonyl (C=O) groups excluding carboxylic acids is 1. The molecule has 1 saturated heterocycles. The van der Waals surface area contributed by atoms with Crippen LogP contribution >= 0.6 is 0 Å². The molecular weight excluding hydrogens is 390 g/mol. The zero-order valence-electron chi connectivity index (χ0n) is 16.3. The second-order valence-electron chi connectivity index (χ2n) is 7.83. The van der Waals surface area contributed by atoms with E-state index in [1.807, 2.05) is 18.2 Å². The summed E-state index contributed by atoms with van der Waals surface area (Å²) in [6, 6.07) is 10.2. The van der Waals surface area contributed by atoms with Gasteiger partial charge in [0.15, 0.2) is 9.84 Å². The van der Waals surface area contributed by atoms with E-state index in [0.717, 1.165) is 43.4 Å². The minimum absolute atomic E-state index is 0.0554. The number of aryl methyl sites for hydroxylation is 2. The molecule has 2 heterocycles. The third-order valence-corrected chi connectivity index (χ3v) is 7.44. The molecule has 1 amide bonds. The number of benzene rings is 1. The fourth-order valence-corrected chi connectivity index (χ4v) is 5.92. The van der Waals surface area contributed by atoms with Gasteiger partial charge < -0.3 is 4.90 Å². The number of sulfone groups is 1. The number of nitrogens with zero attached hydrogens (tertiary/aromatic N) is 3. The van der Waals surface area contributed by atoms with Crippen molar-refractivity contribution in [3.63, 3.8) is 0 Å². The fourth-order valence-electron chi connectivity index (χ4n) is 4.22. The number of fused-ring (bicyclic) bond motifs is 1. The molecule has 4 rings (SSSR count). The van der Waals surface area contributed by atoms with Gasteiger partial charge >= 0.3 is 0 Å². The van der Waals surface area contributed by atoms with Gasteiger partial charge in [-0.2, -0.15) is 5.10 Å². The Hall–Kier alpha value is -2.48. The first-order valence-corrected chi connectivity index (χ1v) is 11.9. The summed E-state index contributed by atoms with van der Waals surface area (Å²) >= 11 is 0. The number of rotatable bonds is 4. The Morgan fingerprint density at radius 1 is 1.14 bits per heavy atom. The molecule has 1 aliphatic heterocycles. The van der Waals surface area contributed by atoms with E-state index in [4.69, 9.17) is 0 Å². The van der Waals surface area contributed by atoms with Gasteiger partial charge in [-0.15, -0.1) is 0 Å². The van der Waals surface area contributed by atoms with Crippen LogP contribution in [0.4, 0.5) is 5.69 Å². The Bertz CT molecular complexity index is 1060. The first-order chi connectivity index (χ1) is 13.9. The molecular formula is C21H25N3O4S. The van der Waals surface area contributed by atoms with Crippen molar-refractivity contribution in [2.75, 3.05) is 16.4 Å². The molecule has 8 heteroatoms. The first-order valence-electron chi connectivity index (χ1n) is 10.1. The van der Waals surface area contributed by atoms with Gasteiger partial charge in [0.25, 0.3) is 5.56 Å². The van der Waals surface area contributed by atoms with E-state index in [2.05, 4.69) is 5.10 Å². The van der Waals surface area contributed by atoms with E-state index in [9.17, 15) is 18.0 Å². The molecule has 1 atom stereocenters. The van der Waals surface area contributed by atoms with Crippen LogP contribution in [-0.2, 0) is 34.0 Å². The first kappa shape index (κ1) is 19.8. The van der Waals surface area contributed by atoms with E-state index in [1.54, 1.807) is 18.2 Å². The number of hydrogen-bond donors (Lipinski definition) is 0. The number of hydrogen-bond acceptors (Lipinski definition) is 5. The topological polar surface area (TPSA) is 89.3 Å². The molecule has 1 fully saturated rings. The van der Waals surface area contributed by atoms with Crippen molar-refractivity contribution in [1.82, 2.24) is 9.78 Å². The summed E-state index contributed by atoms with van der Waals surface area (Å²) in [5.74, 6) is -0.299. The molecule has 0 unspecified atom stereocenters. The standard InChI is InChI=1S/C21H25N3O4S/c25-20-13-16-7-3-1-6-10-19(16)22-23(20)14-21(26)24(17-8-4-2-5-9-17)18-11-12-29(27,28)15-18/h2,4-5,8-9,13,18H,1,3,6-7,10-12,14-15H2/t18-/m0/s1. The maximum Gasteiger partial charge on any atom is 0.267 e. The summed E-state index contributed by atoms with van der Waals surface area (Å²) in [5.41, 5.74) is 2.23. The summed E-state index contributed by atoms with van der Waals surface area (Å²) in [6.45, 7) is -0.197. The third-order valence-electron chi connectivity index (χ3n) is 5.69. The van der Waals surface area contributed by atoms with E-state index in [-0.39, 0.29) is 29.5 Å². The highest BCUT2D eigenvalue weighted by atomic mass is 32.2. The zero-order chi connectivity index (χ0) is 20.4.